The number of benzene rings is 1. The van der Waals surface area contributed by atoms with Gasteiger partial charge in [-0.25, -0.2) is 0 Å². The predicted molar refractivity (Wildman–Crippen MR) is 70.3 cm³/mol. The van der Waals surface area contributed by atoms with E-state index in [0.717, 1.165) is 13.0 Å². The van der Waals surface area contributed by atoms with Crippen LogP contribution in [0, 0.1) is 0 Å². The summed E-state index contributed by atoms with van der Waals surface area (Å²) in [5, 5.41) is 6.15. The van der Waals surface area contributed by atoms with Gasteiger partial charge < -0.3 is 15.4 Å². The zero-order valence-electron chi connectivity index (χ0n) is 10.7. The van der Waals surface area contributed by atoms with Gasteiger partial charge >= 0.3 is 0 Å². The summed E-state index contributed by atoms with van der Waals surface area (Å²) < 4.78 is 5.19. The fourth-order valence-electron chi connectivity index (χ4n) is 2.15. The Kier molecular flexibility index (Phi) is 4.73. The van der Waals surface area contributed by atoms with E-state index >= 15 is 0 Å². The zero-order chi connectivity index (χ0) is 12.8. The summed E-state index contributed by atoms with van der Waals surface area (Å²) in [6.07, 6.45) is 0.761. The molecule has 1 aliphatic heterocycles. The average molecular weight is 248 g/mol. The van der Waals surface area contributed by atoms with E-state index in [-0.39, 0.29) is 11.9 Å². The van der Waals surface area contributed by atoms with Gasteiger partial charge in [0, 0.05) is 19.7 Å². The van der Waals surface area contributed by atoms with Crippen molar-refractivity contribution in [2.24, 2.45) is 0 Å². The summed E-state index contributed by atoms with van der Waals surface area (Å²) in [6.45, 7) is 4.55. The minimum Gasteiger partial charge on any atom is -0.380 e. The minimum absolute atomic E-state index is 0.0595. The molecule has 0 saturated carbocycles. The van der Waals surface area contributed by atoms with Gasteiger partial charge in [-0.1, -0.05) is 24.3 Å². The molecule has 1 heterocycles. The molecule has 1 amide bonds. The van der Waals surface area contributed by atoms with Crippen molar-refractivity contribution in [1.82, 2.24) is 10.6 Å². The molecule has 0 bridgehead atoms. The van der Waals surface area contributed by atoms with E-state index in [1.54, 1.807) is 0 Å². The first kappa shape index (κ1) is 13.1. The molecule has 0 saturated heterocycles. The number of fused-ring (bicyclic) bond motifs is 1. The van der Waals surface area contributed by atoms with Gasteiger partial charge in [-0.2, -0.15) is 0 Å². The Morgan fingerprint density at radius 1 is 1.44 bits per heavy atom. The van der Waals surface area contributed by atoms with Crippen molar-refractivity contribution in [3.8, 4) is 0 Å². The number of hydrogen-bond acceptors (Lipinski definition) is 3. The molecule has 18 heavy (non-hydrogen) atoms. The predicted octanol–water partition coefficient (Wildman–Crippen LogP) is 0.854. The molecule has 0 aliphatic carbocycles. The van der Waals surface area contributed by atoms with Crippen LogP contribution < -0.4 is 10.6 Å². The fourth-order valence-corrected chi connectivity index (χ4v) is 2.15. The highest BCUT2D eigenvalue weighted by Gasteiger charge is 2.23. The summed E-state index contributed by atoms with van der Waals surface area (Å²) in [4.78, 5) is 11.9. The second kappa shape index (κ2) is 6.52. The molecule has 0 aromatic heterocycles. The smallest absolute Gasteiger partial charge is 0.237 e. The fraction of sp³-hybridized carbons (Fsp3) is 0.500. The number of carbonyl (C=O) groups is 1. The molecule has 0 radical (unpaired) electrons. The number of nitrogens with one attached hydrogen (secondary N) is 2. The van der Waals surface area contributed by atoms with Crippen LogP contribution in [0.25, 0.3) is 0 Å². The molecular weight excluding hydrogens is 228 g/mol. The third kappa shape index (κ3) is 3.31. The van der Waals surface area contributed by atoms with Gasteiger partial charge in [-0.3, -0.25) is 4.79 Å². The van der Waals surface area contributed by atoms with Crippen LogP contribution in [0.3, 0.4) is 0 Å². The molecule has 4 heteroatoms. The molecule has 0 spiro atoms. The first-order valence-corrected chi connectivity index (χ1v) is 6.47. The highest BCUT2D eigenvalue weighted by molar-refractivity contribution is 5.82. The van der Waals surface area contributed by atoms with Crippen LogP contribution in [0.4, 0.5) is 0 Å². The van der Waals surface area contributed by atoms with Crippen molar-refractivity contribution >= 4 is 5.91 Å². The average Bonchev–Trinajstić information content (AvgIpc) is 2.43. The van der Waals surface area contributed by atoms with Gasteiger partial charge in [-0.05, 0) is 24.5 Å². The van der Waals surface area contributed by atoms with Crippen LogP contribution in [0.1, 0.15) is 18.1 Å². The molecule has 1 aromatic carbocycles. The molecule has 1 atom stereocenters. The van der Waals surface area contributed by atoms with Crippen LogP contribution >= 0.6 is 0 Å². The van der Waals surface area contributed by atoms with Gasteiger partial charge in [0.1, 0.15) is 0 Å². The lowest BCUT2D eigenvalue weighted by Gasteiger charge is -2.25. The van der Waals surface area contributed by atoms with Crippen LogP contribution in [-0.4, -0.2) is 31.7 Å². The molecule has 0 fully saturated rings. The Morgan fingerprint density at radius 2 is 2.22 bits per heavy atom. The summed E-state index contributed by atoms with van der Waals surface area (Å²) in [5.74, 6) is 0.0595. The van der Waals surface area contributed by atoms with E-state index in [1.807, 2.05) is 19.1 Å². The van der Waals surface area contributed by atoms with E-state index < -0.39 is 0 Å². The molecule has 1 aliphatic rings. The lowest BCUT2D eigenvalue weighted by Crippen LogP contribution is -2.48. The highest BCUT2D eigenvalue weighted by atomic mass is 16.5. The van der Waals surface area contributed by atoms with Crippen molar-refractivity contribution in [2.45, 2.75) is 25.9 Å². The Labute approximate surface area is 108 Å². The van der Waals surface area contributed by atoms with E-state index in [4.69, 9.17) is 4.74 Å². The molecule has 4 nitrogen and oxygen atoms in total. The quantitative estimate of drug-likeness (QED) is 0.760. The maximum atomic E-state index is 11.9. The first-order valence-electron chi connectivity index (χ1n) is 6.47. The molecule has 98 valence electrons. The first-order chi connectivity index (χ1) is 8.81. The summed E-state index contributed by atoms with van der Waals surface area (Å²) >= 11 is 0. The number of hydrogen-bond donors (Lipinski definition) is 2. The number of rotatable bonds is 5. The summed E-state index contributed by atoms with van der Waals surface area (Å²) in [7, 11) is 0. The van der Waals surface area contributed by atoms with Crippen molar-refractivity contribution < 1.29 is 9.53 Å². The van der Waals surface area contributed by atoms with Crippen LogP contribution in [0.2, 0.25) is 0 Å². The maximum Gasteiger partial charge on any atom is 0.237 e. The van der Waals surface area contributed by atoms with Crippen molar-refractivity contribution in [1.29, 1.82) is 0 Å². The lowest BCUT2D eigenvalue weighted by molar-refractivity contribution is -0.123. The third-order valence-electron chi connectivity index (χ3n) is 3.15. The van der Waals surface area contributed by atoms with E-state index in [1.165, 1.54) is 11.1 Å². The Hall–Kier alpha value is -1.39. The Balaban J connectivity index is 1.83. The molecular formula is C14H20N2O2. The maximum absolute atomic E-state index is 11.9. The minimum atomic E-state index is -0.124. The lowest BCUT2D eigenvalue weighted by atomic mass is 9.95. The normalized spacial score (nSPS) is 18.2. The highest BCUT2D eigenvalue weighted by Crippen LogP contribution is 2.16. The van der Waals surface area contributed by atoms with Gasteiger partial charge in [0.25, 0.3) is 0 Å². The number of amides is 1. The summed E-state index contributed by atoms with van der Waals surface area (Å²) in [6, 6.07) is 8.13. The van der Waals surface area contributed by atoms with Crippen molar-refractivity contribution in [2.75, 3.05) is 19.8 Å². The monoisotopic (exact) mass is 248 g/mol. The van der Waals surface area contributed by atoms with Crippen molar-refractivity contribution in [3.63, 3.8) is 0 Å². The molecule has 1 aromatic rings. The molecule has 2 N–H and O–H groups in total. The van der Waals surface area contributed by atoms with Crippen LogP contribution in [0.5, 0.6) is 0 Å². The molecule has 2 rings (SSSR count). The van der Waals surface area contributed by atoms with E-state index in [2.05, 4.69) is 22.8 Å². The van der Waals surface area contributed by atoms with E-state index in [9.17, 15) is 4.79 Å². The molecule has 0 unspecified atom stereocenters. The van der Waals surface area contributed by atoms with Gasteiger partial charge in [0.2, 0.25) is 5.91 Å². The van der Waals surface area contributed by atoms with Crippen LogP contribution in [0.15, 0.2) is 24.3 Å². The van der Waals surface area contributed by atoms with E-state index in [0.29, 0.717) is 19.8 Å². The third-order valence-corrected chi connectivity index (χ3v) is 3.15. The van der Waals surface area contributed by atoms with Gasteiger partial charge in [-0.15, -0.1) is 0 Å². The van der Waals surface area contributed by atoms with Crippen LogP contribution in [-0.2, 0) is 22.5 Å². The van der Waals surface area contributed by atoms with Crippen molar-refractivity contribution in [3.05, 3.63) is 35.4 Å². The summed E-state index contributed by atoms with van der Waals surface area (Å²) in [5.41, 5.74) is 2.55. The number of carbonyl (C=O) groups excluding carboxylic acids is 1. The Morgan fingerprint density at radius 3 is 3.00 bits per heavy atom. The number of ether oxygens (including phenoxy) is 1. The second-order valence-corrected chi connectivity index (χ2v) is 4.39. The zero-order valence-corrected chi connectivity index (χ0v) is 10.7. The largest absolute Gasteiger partial charge is 0.380 e. The standard InChI is InChI=1S/C14H20N2O2/c1-2-18-8-7-15-14(17)13-9-11-5-3-4-6-12(11)10-16-13/h3-6,13,16H,2,7-10H2,1H3,(H,15,17)/t13-/m1/s1. The second-order valence-electron chi connectivity index (χ2n) is 4.39. The Bertz CT molecular complexity index is 407. The van der Waals surface area contributed by atoms with Gasteiger partial charge in [0.15, 0.2) is 0 Å². The SMILES string of the molecule is CCOCCNC(=O)[C@H]1Cc2ccccc2CN1. The topological polar surface area (TPSA) is 50.4 Å². The van der Waals surface area contributed by atoms with Gasteiger partial charge in [0.05, 0.1) is 12.6 Å².